The Labute approximate surface area is 143 Å². The van der Waals surface area contributed by atoms with Crippen LogP contribution in [0.1, 0.15) is 32.3 Å². The van der Waals surface area contributed by atoms with Crippen molar-refractivity contribution in [3.8, 4) is 0 Å². The molecular weight excluding hydrogens is 309 g/mol. The molecule has 0 radical (unpaired) electrons. The Balaban J connectivity index is 1.90. The fraction of sp³-hybridized carbons (Fsp3) is 0.611. The first-order chi connectivity index (χ1) is 11.3. The Bertz CT molecular complexity index is 577. The average molecular weight is 337 g/mol. The van der Waals surface area contributed by atoms with Gasteiger partial charge in [0.1, 0.15) is 5.82 Å². The second kappa shape index (κ2) is 7.83. The van der Waals surface area contributed by atoms with E-state index in [1.54, 1.807) is 13.2 Å². The molecule has 5 nitrogen and oxygen atoms in total. The van der Waals surface area contributed by atoms with Crippen LogP contribution in [0.2, 0.25) is 0 Å². The Morgan fingerprint density at radius 2 is 2.21 bits per heavy atom. The number of methoxy groups -OCH3 is 1. The third kappa shape index (κ3) is 5.09. The molecule has 1 heterocycles. The van der Waals surface area contributed by atoms with Gasteiger partial charge in [-0.3, -0.25) is 0 Å². The van der Waals surface area contributed by atoms with Gasteiger partial charge in [-0.2, -0.15) is 0 Å². The number of halogens is 1. The Morgan fingerprint density at radius 1 is 1.46 bits per heavy atom. The summed E-state index contributed by atoms with van der Waals surface area (Å²) in [6.07, 6.45) is 1.93. The van der Waals surface area contributed by atoms with E-state index >= 15 is 0 Å². The SMILES string of the molecule is COC(C)(C)CNC(=O)NC1CCCN(c2ccc(F)cc2C)C1. The second-order valence-electron chi connectivity index (χ2n) is 7.01. The molecule has 1 aromatic rings. The molecule has 2 amide bonds. The van der Waals surface area contributed by atoms with Crippen molar-refractivity contribution in [3.05, 3.63) is 29.6 Å². The normalized spacial score (nSPS) is 18.4. The molecule has 0 aromatic heterocycles. The standard InChI is InChI=1S/C18H28FN3O2/c1-13-10-14(19)7-8-16(13)22-9-5-6-15(11-22)21-17(23)20-12-18(2,3)24-4/h7-8,10,15H,5-6,9,11-12H2,1-4H3,(H2,20,21,23). The van der Waals surface area contributed by atoms with Gasteiger partial charge < -0.3 is 20.3 Å². The van der Waals surface area contributed by atoms with Gasteiger partial charge in [-0.25, -0.2) is 9.18 Å². The molecule has 1 fully saturated rings. The average Bonchev–Trinajstić information content (AvgIpc) is 2.53. The number of piperidine rings is 1. The van der Waals surface area contributed by atoms with Crippen LogP contribution in [0.15, 0.2) is 18.2 Å². The van der Waals surface area contributed by atoms with E-state index in [0.717, 1.165) is 37.2 Å². The van der Waals surface area contributed by atoms with Crippen LogP contribution >= 0.6 is 0 Å². The summed E-state index contributed by atoms with van der Waals surface area (Å²) in [6.45, 7) is 7.86. The maximum absolute atomic E-state index is 13.3. The lowest BCUT2D eigenvalue weighted by Gasteiger charge is -2.35. The van der Waals surface area contributed by atoms with Gasteiger partial charge in [0.05, 0.1) is 5.60 Å². The summed E-state index contributed by atoms with van der Waals surface area (Å²) in [6, 6.07) is 4.75. The summed E-state index contributed by atoms with van der Waals surface area (Å²) in [5, 5.41) is 5.88. The monoisotopic (exact) mass is 337 g/mol. The third-order valence-electron chi connectivity index (χ3n) is 4.48. The van der Waals surface area contributed by atoms with Gasteiger partial charge in [0, 0.05) is 38.5 Å². The smallest absolute Gasteiger partial charge is 0.315 e. The van der Waals surface area contributed by atoms with Crippen LogP contribution in [-0.2, 0) is 4.74 Å². The van der Waals surface area contributed by atoms with Crippen molar-refractivity contribution in [2.75, 3.05) is 31.6 Å². The highest BCUT2D eigenvalue weighted by Crippen LogP contribution is 2.24. The molecule has 1 atom stereocenters. The molecule has 134 valence electrons. The summed E-state index contributed by atoms with van der Waals surface area (Å²) in [4.78, 5) is 14.3. The van der Waals surface area contributed by atoms with Crippen molar-refractivity contribution >= 4 is 11.7 Å². The summed E-state index contributed by atoms with van der Waals surface area (Å²) in [7, 11) is 1.63. The zero-order valence-electron chi connectivity index (χ0n) is 15.0. The van der Waals surface area contributed by atoms with Crippen LogP contribution in [-0.4, -0.2) is 44.4 Å². The minimum Gasteiger partial charge on any atom is -0.377 e. The zero-order chi connectivity index (χ0) is 17.7. The van der Waals surface area contributed by atoms with Crippen molar-refractivity contribution in [3.63, 3.8) is 0 Å². The van der Waals surface area contributed by atoms with E-state index in [2.05, 4.69) is 15.5 Å². The van der Waals surface area contributed by atoms with Crippen LogP contribution in [0.5, 0.6) is 0 Å². The lowest BCUT2D eigenvalue weighted by molar-refractivity contribution is 0.0253. The number of benzene rings is 1. The highest BCUT2D eigenvalue weighted by Gasteiger charge is 2.23. The topological polar surface area (TPSA) is 53.6 Å². The van der Waals surface area contributed by atoms with E-state index < -0.39 is 0 Å². The lowest BCUT2D eigenvalue weighted by atomic mass is 10.0. The van der Waals surface area contributed by atoms with E-state index in [0.29, 0.717) is 6.54 Å². The summed E-state index contributed by atoms with van der Waals surface area (Å²) >= 11 is 0. The van der Waals surface area contributed by atoms with E-state index in [1.807, 2.05) is 26.8 Å². The van der Waals surface area contributed by atoms with Crippen molar-refractivity contribution < 1.29 is 13.9 Å². The minimum atomic E-state index is -0.388. The number of anilines is 1. The van der Waals surface area contributed by atoms with Crippen LogP contribution < -0.4 is 15.5 Å². The quantitative estimate of drug-likeness (QED) is 0.869. The number of carbonyl (C=O) groups is 1. The number of rotatable bonds is 5. The molecule has 1 aromatic carbocycles. The number of carbonyl (C=O) groups excluding carboxylic acids is 1. The first-order valence-corrected chi connectivity index (χ1v) is 8.41. The van der Waals surface area contributed by atoms with Crippen molar-refractivity contribution in [1.82, 2.24) is 10.6 Å². The number of aryl methyl sites for hydroxylation is 1. The van der Waals surface area contributed by atoms with Gasteiger partial charge in [0.2, 0.25) is 0 Å². The molecule has 0 bridgehead atoms. The fourth-order valence-corrected chi connectivity index (χ4v) is 2.89. The van der Waals surface area contributed by atoms with Crippen LogP contribution in [0.4, 0.5) is 14.9 Å². The molecule has 1 aliphatic heterocycles. The van der Waals surface area contributed by atoms with Crippen LogP contribution in [0.3, 0.4) is 0 Å². The predicted octanol–water partition coefficient (Wildman–Crippen LogP) is 2.83. The van der Waals surface area contributed by atoms with E-state index in [9.17, 15) is 9.18 Å². The fourth-order valence-electron chi connectivity index (χ4n) is 2.89. The molecule has 6 heteroatoms. The van der Waals surface area contributed by atoms with Gasteiger partial charge in [-0.1, -0.05) is 0 Å². The van der Waals surface area contributed by atoms with Gasteiger partial charge in [0.15, 0.2) is 0 Å². The maximum Gasteiger partial charge on any atom is 0.315 e. The minimum absolute atomic E-state index is 0.0776. The Hall–Kier alpha value is -1.82. The van der Waals surface area contributed by atoms with Gasteiger partial charge >= 0.3 is 6.03 Å². The molecule has 0 saturated carbocycles. The lowest BCUT2D eigenvalue weighted by Crippen LogP contribution is -2.52. The molecule has 1 aliphatic rings. The molecule has 2 rings (SSSR count). The first-order valence-electron chi connectivity index (χ1n) is 8.41. The predicted molar refractivity (Wildman–Crippen MR) is 94.0 cm³/mol. The summed E-state index contributed by atoms with van der Waals surface area (Å²) < 4.78 is 18.6. The summed E-state index contributed by atoms with van der Waals surface area (Å²) in [5.41, 5.74) is 1.56. The van der Waals surface area contributed by atoms with E-state index in [1.165, 1.54) is 6.07 Å². The van der Waals surface area contributed by atoms with Crippen molar-refractivity contribution in [1.29, 1.82) is 0 Å². The van der Waals surface area contributed by atoms with Crippen molar-refractivity contribution in [2.24, 2.45) is 0 Å². The molecular formula is C18H28FN3O2. The summed E-state index contributed by atoms with van der Waals surface area (Å²) in [5.74, 6) is -0.219. The van der Waals surface area contributed by atoms with Crippen molar-refractivity contribution in [2.45, 2.75) is 45.3 Å². The number of amides is 2. The first kappa shape index (κ1) is 18.5. The number of urea groups is 1. The van der Waals surface area contributed by atoms with Crippen LogP contribution in [0, 0.1) is 12.7 Å². The number of nitrogens with one attached hydrogen (secondary N) is 2. The largest absolute Gasteiger partial charge is 0.377 e. The zero-order valence-corrected chi connectivity index (χ0v) is 15.0. The van der Waals surface area contributed by atoms with Crippen LogP contribution in [0.25, 0.3) is 0 Å². The third-order valence-corrected chi connectivity index (χ3v) is 4.48. The Morgan fingerprint density at radius 3 is 2.88 bits per heavy atom. The van der Waals surface area contributed by atoms with E-state index in [4.69, 9.17) is 4.74 Å². The van der Waals surface area contributed by atoms with Gasteiger partial charge in [0.25, 0.3) is 0 Å². The molecule has 0 aliphatic carbocycles. The van der Waals surface area contributed by atoms with Gasteiger partial charge in [-0.15, -0.1) is 0 Å². The molecule has 1 unspecified atom stereocenters. The number of ether oxygens (including phenoxy) is 1. The number of nitrogens with zero attached hydrogens (tertiary/aromatic N) is 1. The number of hydrogen-bond donors (Lipinski definition) is 2. The van der Waals surface area contributed by atoms with E-state index in [-0.39, 0.29) is 23.5 Å². The highest BCUT2D eigenvalue weighted by molar-refractivity contribution is 5.74. The molecule has 1 saturated heterocycles. The molecule has 2 N–H and O–H groups in total. The maximum atomic E-state index is 13.3. The second-order valence-corrected chi connectivity index (χ2v) is 7.01. The number of hydrogen-bond acceptors (Lipinski definition) is 3. The Kier molecular flexibility index (Phi) is 6.04. The molecule has 24 heavy (non-hydrogen) atoms. The van der Waals surface area contributed by atoms with Gasteiger partial charge in [-0.05, 0) is 57.4 Å². The highest BCUT2D eigenvalue weighted by atomic mass is 19.1. The molecule has 0 spiro atoms.